The quantitative estimate of drug-likeness (QED) is 0.390. The molecule has 2 aromatic carbocycles. The molecular weight excluding hydrogens is 502 g/mol. The Kier molecular flexibility index (Phi) is 8.31. The summed E-state index contributed by atoms with van der Waals surface area (Å²) in [5.41, 5.74) is 3.42. The lowest BCUT2D eigenvalue weighted by Crippen LogP contribution is -2.29. The summed E-state index contributed by atoms with van der Waals surface area (Å²) in [5, 5.41) is 15.0. The van der Waals surface area contributed by atoms with E-state index >= 15 is 0 Å². The zero-order valence-electron chi connectivity index (χ0n) is 19.3. The molecule has 0 unspecified atom stereocenters. The number of nitrogens with one attached hydrogen (secondary N) is 2. The van der Waals surface area contributed by atoms with Gasteiger partial charge in [0.1, 0.15) is 0 Å². The van der Waals surface area contributed by atoms with Gasteiger partial charge in [-0.2, -0.15) is 0 Å². The Bertz CT molecular complexity index is 1160. The molecule has 9 heteroatoms. The second-order valence-electron chi connectivity index (χ2n) is 8.13. The zero-order chi connectivity index (χ0) is 24.1. The predicted octanol–water partition coefficient (Wildman–Crippen LogP) is 5.23. The topological polar surface area (TPSA) is 88.9 Å². The number of amides is 2. The molecule has 2 amide bonds. The minimum atomic E-state index is -0.339. The van der Waals surface area contributed by atoms with E-state index < -0.39 is 0 Å². The molecule has 7 nitrogen and oxygen atoms in total. The molecule has 2 N–H and O–H groups in total. The van der Waals surface area contributed by atoms with Crippen molar-refractivity contribution in [1.29, 1.82) is 0 Å². The summed E-state index contributed by atoms with van der Waals surface area (Å²) in [7, 11) is 1.83. The maximum atomic E-state index is 12.6. The van der Waals surface area contributed by atoms with Crippen molar-refractivity contribution in [2.75, 3.05) is 11.1 Å². The number of anilines is 1. The molecule has 1 heterocycles. The molecule has 0 aliphatic heterocycles. The second-order valence-corrected chi connectivity index (χ2v) is 9.99. The number of aromatic nitrogens is 3. The number of nitrogens with zero attached hydrogens (tertiary/aromatic N) is 3. The molecule has 174 valence electrons. The normalized spacial score (nSPS) is 12.0. The summed E-state index contributed by atoms with van der Waals surface area (Å²) in [6.07, 6.45) is 0. The van der Waals surface area contributed by atoms with Crippen LogP contribution in [0.2, 0.25) is 0 Å². The number of hydrogen-bond acceptors (Lipinski definition) is 5. The maximum Gasteiger partial charge on any atom is 0.252 e. The monoisotopic (exact) mass is 529 g/mol. The predicted molar refractivity (Wildman–Crippen MR) is 136 cm³/mol. The van der Waals surface area contributed by atoms with Crippen LogP contribution < -0.4 is 10.6 Å². The molecular formula is C24H28BrN5O2S. The number of carbonyl (C=O) groups is 2. The van der Waals surface area contributed by atoms with Crippen LogP contribution in [0, 0.1) is 6.92 Å². The van der Waals surface area contributed by atoms with Gasteiger partial charge in [-0.15, -0.1) is 10.2 Å². The van der Waals surface area contributed by atoms with Gasteiger partial charge in [0.05, 0.1) is 11.8 Å². The van der Waals surface area contributed by atoms with Crippen LogP contribution in [-0.4, -0.2) is 32.3 Å². The number of rotatable bonds is 8. The van der Waals surface area contributed by atoms with Gasteiger partial charge in [0.2, 0.25) is 5.91 Å². The Morgan fingerprint density at radius 2 is 1.85 bits per heavy atom. The first-order valence-electron chi connectivity index (χ1n) is 10.6. The van der Waals surface area contributed by atoms with Gasteiger partial charge in [-0.05, 0) is 55.2 Å². The van der Waals surface area contributed by atoms with Gasteiger partial charge < -0.3 is 15.2 Å². The summed E-state index contributed by atoms with van der Waals surface area (Å²) in [4.78, 5) is 25.2. The Morgan fingerprint density at radius 1 is 1.12 bits per heavy atom. The average molecular weight is 530 g/mol. The molecule has 1 atom stereocenters. The highest BCUT2D eigenvalue weighted by molar-refractivity contribution is 9.10. The maximum absolute atomic E-state index is 12.6. The molecule has 0 fully saturated rings. The van der Waals surface area contributed by atoms with Gasteiger partial charge in [0.15, 0.2) is 11.0 Å². The van der Waals surface area contributed by atoms with E-state index in [2.05, 4.69) is 50.6 Å². The summed E-state index contributed by atoms with van der Waals surface area (Å²) < 4.78 is 2.79. The van der Waals surface area contributed by atoms with Crippen LogP contribution in [0.3, 0.4) is 0 Å². The Hall–Kier alpha value is -2.65. The van der Waals surface area contributed by atoms with E-state index in [1.54, 1.807) is 10.6 Å². The lowest BCUT2D eigenvalue weighted by Gasteiger charge is -2.15. The van der Waals surface area contributed by atoms with Crippen molar-refractivity contribution in [3.8, 4) is 0 Å². The highest BCUT2D eigenvalue weighted by Crippen LogP contribution is 2.28. The Balaban J connectivity index is 1.61. The lowest BCUT2D eigenvalue weighted by molar-refractivity contribution is -0.113. The molecule has 33 heavy (non-hydrogen) atoms. The van der Waals surface area contributed by atoms with Crippen LogP contribution in [0.4, 0.5) is 5.69 Å². The van der Waals surface area contributed by atoms with Crippen LogP contribution in [0.5, 0.6) is 0 Å². The summed E-state index contributed by atoms with van der Waals surface area (Å²) in [6.45, 7) is 7.95. The van der Waals surface area contributed by atoms with Crippen LogP contribution in [0.25, 0.3) is 0 Å². The van der Waals surface area contributed by atoms with Gasteiger partial charge in [-0.3, -0.25) is 9.59 Å². The number of thioether (sulfide) groups is 1. The van der Waals surface area contributed by atoms with Crippen LogP contribution in [0.1, 0.15) is 60.0 Å². The van der Waals surface area contributed by atoms with Crippen molar-refractivity contribution in [3.63, 3.8) is 0 Å². The summed E-state index contributed by atoms with van der Waals surface area (Å²) in [6, 6.07) is 12.9. The summed E-state index contributed by atoms with van der Waals surface area (Å²) in [5.74, 6) is 0.823. The zero-order valence-corrected chi connectivity index (χ0v) is 21.8. The first-order valence-corrected chi connectivity index (χ1v) is 12.4. The smallest absolute Gasteiger partial charge is 0.252 e. The van der Waals surface area contributed by atoms with E-state index in [0.29, 0.717) is 16.5 Å². The number of hydrogen-bond donors (Lipinski definition) is 2. The van der Waals surface area contributed by atoms with Gasteiger partial charge in [0, 0.05) is 22.8 Å². The van der Waals surface area contributed by atoms with Crippen LogP contribution in [-0.2, 0) is 11.8 Å². The fourth-order valence-corrected chi connectivity index (χ4v) is 4.53. The molecule has 0 radical (unpaired) electrons. The van der Waals surface area contributed by atoms with E-state index in [-0.39, 0.29) is 29.5 Å². The van der Waals surface area contributed by atoms with Gasteiger partial charge in [-0.1, -0.05) is 59.7 Å². The molecule has 0 spiro atoms. The third-order valence-corrected chi connectivity index (χ3v) is 6.75. The van der Waals surface area contributed by atoms with Crippen LogP contribution in [0.15, 0.2) is 52.1 Å². The Morgan fingerprint density at radius 3 is 2.55 bits per heavy atom. The average Bonchev–Trinajstić information content (AvgIpc) is 3.14. The van der Waals surface area contributed by atoms with Crippen molar-refractivity contribution in [2.24, 2.45) is 7.05 Å². The SMILES string of the molecule is Cc1ccccc1C(=O)N[C@H](C)c1nnc(SCC(=O)Nc2ccc(Br)cc2C(C)C)n1C. The van der Waals surface area contributed by atoms with Gasteiger partial charge in [0.25, 0.3) is 5.91 Å². The Labute approximate surface area is 206 Å². The van der Waals surface area contributed by atoms with E-state index in [1.807, 2.05) is 57.3 Å². The van der Waals surface area contributed by atoms with Crippen molar-refractivity contribution in [2.45, 2.75) is 44.8 Å². The van der Waals surface area contributed by atoms with E-state index in [0.717, 1.165) is 21.3 Å². The largest absolute Gasteiger partial charge is 0.342 e. The number of benzene rings is 2. The molecule has 0 saturated carbocycles. The standard InChI is InChI=1S/C24H28BrN5O2S/c1-14(2)19-12-17(25)10-11-20(19)27-21(31)13-33-24-29-28-22(30(24)5)16(4)26-23(32)18-9-7-6-8-15(18)3/h6-12,14,16H,13H2,1-5H3,(H,26,32)(H,27,31)/t16-/m1/s1. The fraction of sp³-hybridized carbons (Fsp3) is 0.333. The van der Waals surface area contributed by atoms with Crippen LogP contribution >= 0.6 is 27.7 Å². The molecule has 0 aliphatic carbocycles. The van der Waals surface area contributed by atoms with E-state index in [1.165, 1.54) is 11.8 Å². The third-order valence-electron chi connectivity index (χ3n) is 5.24. The minimum Gasteiger partial charge on any atom is -0.342 e. The fourth-order valence-electron chi connectivity index (χ4n) is 3.44. The molecule has 0 bridgehead atoms. The van der Waals surface area contributed by atoms with Crippen molar-refractivity contribution in [3.05, 3.63) is 69.5 Å². The first-order chi connectivity index (χ1) is 15.7. The highest BCUT2D eigenvalue weighted by atomic mass is 79.9. The molecule has 0 saturated heterocycles. The second kappa shape index (κ2) is 11.0. The van der Waals surface area contributed by atoms with E-state index in [9.17, 15) is 9.59 Å². The van der Waals surface area contributed by atoms with Crippen molar-refractivity contribution >= 4 is 45.2 Å². The molecule has 3 aromatic rings. The molecule has 0 aliphatic rings. The third kappa shape index (κ3) is 6.23. The number of halogens is 1. The van der Waals surface area contributed by atoms with Gasteiger partial charge in [-0.25, -0.2) is 0 Å². The summed E-state index contributed by atoms with van der Waals surface area (Å²) >= 11 is 4.79. The number of carbonyl (C=O) groups excluding carboxylic acids is 2. The lowest BCUT2D eigenvalue weighted by atomic mass is 10.0. The molecule has 3 rings (SSSR count). The van der Waals surface area contributed by atoms with Crippen molar-refractivity contribution in [1.82, 2.24) is 20.1 Å². The minimum absolute atomic E-state index is 0.116. The highest BCUT2D eigenvalue weighted by Gasteiger charge is 2.20. The first kappa shape index (κ1) is 25.0. The van der Waals surface area contributed by atoms with Crippen molar-refractivity contribution < 1.29 is 9.59 Å². The van der Waals surface area contributed by atoms with E-state index in [4.69, 9.17) is 0 Å². The van der Waals surface area contributed by atoms with Gasteiger partial charge >= 0.3 is 0 Å². The molecule has 1 aromatic heterocycles. The number of aryl methyl sites for hydroxylation is 1.